The molecule has 2 aliphatic rings. The second-order valence-electron chi connectivity index (χ2n) is 7.09. The van der Waals surface area contributed by atoms with Crippen LogP contribution in [-0.2, 0) is 6.42 Å². The summed E-state index contributed by atoms with van der Waals surface area (Å²) in [6.07, 6.45) is 6.82. The molecule has 0 radical (unpaired) electrons. The number of aromatic nitrogens is 2. The summed E-state index contributed by atoms with van der Waals surface area (Å²) in [5.74, 6) is 0.0624. The first-order valence-corrected chi connectivity index (χ1v) is 8.21. The number of benzene rings is 1. The van der Waals surface area contributed by atoms with Crippen LogP contribution in [0.1, 0.15) is 37.9 Å². The standard InChI is InChI=1S/C19H21FN2O/c1-12(23)17-8-3-14-9-18-13(10-19(14,17)2)11-21-22(18)16-6-4-15(20)5-7-16/h4-7,9,11-12,17,23H,3,8,10H2,1-2H3/t12?,17-,19?/m1/s1. The lowest BCUT2D eigenvalue weighted by Gasteiger charge is -2.37. The molecule has 2 aromatic rings. The van der Waals surface area contributed by atoms with E-state index in [0.717, 1.165) is 30.6 Å². The number of halogens is 1. The van der Waals surface area contributed by atoms with Gasteiger partial charge in [-0.05, 0) is 73.4 Å². The zero-order chi connectivity index (χ0) is 16.2. The smallest absolute Gasteiger partial charge is 0.123 e. The van der Waals surface area contributed by atoms with Gasteiger partial charge in [0.15, 0.2) is 0 Å². The minimum Gasteiger partial charge on any atom is -0.393 e. The van der Waals surface area contributed by atoms with Crippen molar-refractivity contribution in [3.63, 3.8) is 0 Å². The van der Waals surface area contributed by atoms with Gasteiger partial charge in [0.1, 0.15) is 5.82 Å². The predicted octanol–water partition coefficient (Wildman–Crippen LogP) is 3.75. The minimum atomic E-state index is -0.292. The maximum absolute atomic E-state index is 13.1. The van der Waals surface area contributed by atoms with Gasteiger partial charge >= 0.3 is 0 Å². The Kier molecular flexibility index (Phi) is 3.20. The molecule has 4 heteroatoms. The number of aliphatic hydroxyl groups excluding tert-OH is 1. The van der Waals surface area contributed by atoms with Crippen molar-refractivity contribution in [3.8, 4) is 5.69 Å². The van der Waals surface area contributed by atoms with Gasteiger partial charge in [0.2, 0.25) is 0 Å². The lowest BCUT2D eigenvalue weighted by molar-refractivity contribution is 0.0708. The third-order valence-electron chi connectivity index (χ3n) is 5.68. The van der Waals surface area contributed by atoms with E-state index < -0.39 is 0 Å². The van der Waals surface area contributed by atoms with Crippen molar-refractivity contribution in [1.29, 1.82) is 0 Å². The fourth-order valence-electron chi connectivity index (χ4n) is 4.44. The Bertz CT molecular complexity index is 775. The van der Waals surface area contributed by atoms with Crippen molar-refractivity contribution in [2.75, 3.05) is 0 Å². The molecule has 3 nitrogen and oxygen atoms in total. The summed E-state index contributed by atoms with van der Waals surface area (Å²) in [5.41, 5.74) is 4.60. The molecule has 3 atom stereocenters. The van der Waals surface area contributed by atoms with Crippen molar-refractivity contribution in [1.82, 2.24) is 9.78 Å². The van der Waals surface area contributed by atoms with Gasteiger partial charge in [-0.3, -0.25) is 0 Å². The Morgan fingerprint density at radius 1 is 1.35 bits per heavy atom. The van der Waals surface area contributed by atoms with Crippen LogP contribution >= 0.6 is 0 Å². The SMILES string of the molecule is CC(O)[C@H]1CCC2=Cc3c(cnn3-c3ccc(F)cc3)CC21C. The van der Waals surface area contributed by atoms with Crippen LogP contribution in [0.25, 0.3) is 11.8 Å². The molecule has 1 N–H and O–H groups in total. The molecule has 0 spiro atoms. The maximum atomic E-state index is 13.1. The van der Waals surface area contributed by atoms with Gasteiger partial charge in [-0.2, -0.15) is 5.10 Å². The van der Waals surface area contributed by atoms with Crippen LogP contribution in [-0.4, -0.2) is 21.0 Å². The molecule has 0 saturated heterocycles. The van der Waals surface area contributed by atoms with E-state index >= 15 is 0 Å². The van der Waals surface area contributed by atoms with Crippen LogP contribution in [0.2, 0.25) is 0 Å². The number of rotatable bonds is 2. The second kappa shape index (κ2) is 5.03. The molecule has 0 bridgehead atoms. The lowest BCUT2D eigenvalue weighted by Crippen LogP contribution is -2.34. The quantitative estimate of drug-likeness (QED) is 0.917. The summed E-state index contributed by atoms with van der Waals surface area (Å²) in [7, 11) is 0. The van der Waals surface area contributed by atoms with Crippen LogP contribution in [0, 0.1) is 17.2 Å². The average Bonchev–Trinajstić information content (AvgIpc) is 3.05. The summed E-state index contributed by atoms with van der Waals surface area (Å²) in [5, 5.41) is 14.6. The van der Waals surface area contributed by atoms with Crippen LogP contribution in [0.5, 0.6) is 0 Å². The molecule has 1 aromatic heterocycles. The first kappa shape index (κ1) is 14.6. The first-order chi connectivity index (χ1) is 11.0. The monoisotopic (exact) mass is 312 g/mol. The van der Waals surface area contributed by atoms with Gasteiger partial charge in [0, 0.05) is 0 Å². The van der Waals surface area contributed by atoms with E-state index in [2.05, 4.69) is 18.1 Å². The highest BCUT2D eigenvalue weighted by Crippen LogP contribution is 2.54. The van der Waals surface area contributed by atoms with Gasteiger partial charge in [0.25, 0.3) is 0 Å². The predicted molar refractivity (Wildman–Crippen MR) is 87.7 cm³/mol. The zero-order valence-corrected chi connectivity index (χ0v) is 13.5. The van der Waals surface area contributed by atoms with Crippen LogP contribution in [0.3, 0.4) is 0 Å². The summed E-state index contributed by atoms with van der Waals surface area (Å²) in [6.45, 7) is 4.16. The van der Waals surface area contributed by atoms with E-state index in [-0.39, 0.29) is 17.3 Å². The normalized spacial score (nSPS) is 27.3. The zero-order valence-electron chi connectivity index (χ0n) is 13.5. The first-order valence-electron chi connectivity index (χ1n) is 8.21. The van der Waals surface area contributed by atoms with Crippen LogP contribution < -0.4 is 0 Å². The van der Waals surface area contributed by atoms with E-state index in [1.807, 2.05) is 17.8 Å². The van der Waals surface area contributed by atoms with Gasteiger partial charge in [-0.1, -0.05) is 12.5 Å². The third-order valence-corrected chi connectivity index (χ3v) is 5.68. The summed E-state index contributed by atoms with van der Waals surface area (Å²) in [6, 6.07) is 6.43. The number of fused-ring (bicyclic) bond motifs is 2. The summed E-state index contributed by atoms with van der Waals surface area (Å²) >= 11 is 0. The number of aliphatic hydroxyl groups is 1. The number of allylic oxidation sites excluding steroid dienone is 1. The highest BCUT2D eigenvalue weighted by Gasteiger charge is 2.47. The Morgan fingerprint density at radius 3 is 2.78 bits per heavy atom. The Balaban J connectivity index is 1.77. The van der Waals surface area contributed by atoms with Crippen molar-refractivity contribution in [3.05, 3.63) is 53.1 Å². The molecule has 0 aliphatic heterocycles. The number of nitrogens with zero attached hydrogens (tertiary/aromatic N) is 2. The second-order valence-corrected chi connectivity index (χ2v) is 7.09. The fourth-order valence-corrected chi connectivity index (χ4v) is 4.44. The third kappa shape index (κ3) is 2.16. The van der Waals surface area contributed by atoms with E-state index in [1.165, 1.54) is 23.3 Å². The molecule has 23 heavy (non-hydrogen) atoms. The molecule has 1 aromatic carbocycles. The maximum Gasteiger partial charge on any atom is 0.123 e. The Hall–Kier alpha value is -1.94. The van der Waals surface area contributed by atoms with E-state index in [1.54, 1.807) is 12.1 Å². The van der Waals surface area contributed by atoms with E-state index in [4.69, 9.17) is 0 Å². The van der Waals surface area contributed by atoms with E-state index in [0.29, 0.717) is 5.92 Å². The number of hydrogen-bond donors (Lipinski definition) is 1. The van der Waals surface area contributed by atoms with Gasteiger partial charge in [-0.15, -0.1) is 0 Å². The molecule has 2 unspecified atom stereocenters. The molecular weight excluding hydrogens is 291 g/mol. The van der Waals surface area contributed by atoms with Crippen molar-refractivity contribution >= 4 is 6.08 Å². The lowest BCUT2D eigenvalue weighted by atomic mass is 9.68. The van der Waals surface area contributed by atoms with Gasteiger partial charge in [-0.25, -0.2) is 9.07 Å². The molecule has 1 fully saturated rings. The van der Waals surface area contributed by atoms with Crippen molar-refractivity contribution < 1.29 is 9.50 Å². The minimum absolute atomic E-state index is 0.0256. The average molecular weight is 312 g/mol. The molecule has 120 valence electrons. The van der Waals surface area contributed by atoms with Crippen molar-refractivity contribution in [2.24, 2.45) is 11.3 Å². The highest BCUT2D eigenvalue weighted by molar-refractivity contribution is 5.61. The summed E-state index contributed by atoms with van der Waals surface area (Å²) < 4.78 is 15.0. The Labute approximate surface area is 135 Å². The van der Waals surface area contributed by atoms with Crippen LogP contribution in [0.15, 0.2) is 36.0 Å². The van der Waals surface area contributed by atoms with Gasteiger partial charge in [0.05, 0.1) is 23.7 Å². The molecule has 0 amide bonds. The topological polar surface area (TPSA) is 38.1 Å². The Morgan fingerprint density at radius 2 is 2.09 bits per heavy atom. The largest absolute Gasteiger partial charge is 0.393 e. The molecule has 2 aliphatic carbocycles. The van der Waals surface area contributed by atoms with Crippen LogP contribution in [0.4, 0.5) is 4.39 Å². The highest BCUT2D eigenvalue weighted by atomic mass is 19.1. The molecule has 4 rings (SSSR count). The van der Waals surface area contributed by atoms with E-state index in [9.17, 15) is 9.50 Å². The number of hydrogen-bond acceptors (Lipinski definition) is 2. The molecular formula is C19H21FN2O. The molecule has 1 heterocycles. The fraction of sp³-hybridized carbons (Fsp3) is 0.421. The van der Waals surface area contributed by atoms with Crippen molar-refractivity contribution in [2.45, 2.75) is 39.2 Å². The summed E-state index contributed by atoms with van der Waals surface area (Å²) in [4.78, 5) is 0. The van der Waals surface area contributed by atoms with Gasteiger partial charge < -0.3 is 5.11 Å². The molecule has 1 saturated carbocycles.